The lowest BCUT2D eigenvalue weighted by Crippen LogP contribution is -2.53. The van der Waals surface area contributed by atoms with Crippen LogP contribution in [0.4, 0.5) is 15.8 Å². The summed E-state index contributed by atoms with van der Waals surface area (Å²) in [7, 11) is 0. The second-order valence-electron chi connectivity index (χ2n) is 13.6. The van der Waals surface area contributed by atoms with Gasteiger partial charge in [-0.1, -0.05) is 90.5 Å². The van der Waals surface area contributed by atoms with Gasteiger partial charge in [0, 0.05) is 5.92 Å². The number of hydrogen-bond donors (Lipinski definition) is 2. The molecule has 8 rings (SSSR count). The van der Waals surface area contributed by atoms with Crippen molar-refractivity contribution in [2.45, 2.75) is 31.1 Å². The quantitative estimate of drug-likeness (QED) is 0.176. The number of hydrogen-bond acceptors (Lipinski definition) is 6. The highest BCUT2D eigenvalue weighted by atomic mass is 19.1. The highest BCUT2D eigenvalue weighted by molar-refractivity contribution is 6.22. The molecule has 250 valence electrons. The van der Waals surface area contributed by atoms with E-state index in [1.165, 1.54) is 17.0 Å². The third kappa shape index (κ3) is 4.49. The van der Waals surface area contributed by atoms with Crippen LogP contribution in [-0.2, 0) is 24.6 Å². The van der Waals surface area contributed by atoms with E-state index in [1.54, 1.807) is 60.7 Å². The summed E-state index contributed by atoms with van der Waals surface area (Å²) in [5.41, 5.74) is 6.04. The van der Waals surface area contributed by atoms with Gasteiger partial charge in [-0.05, 0) is 78.8 Å². The van der Waals surface area contributed by atoms with Gasteiger partial charge in [-0.15, -0.1) is 0 Å². The number of benzene rings is 4. The number of halogens is 1. The SMILES string of the molecule is C=Cc1ccc(N2C(=O)[C@H]3[C@H](CC=C4[C@H]3C[C@H]3C(=O)N(Nc5ccc(C)cc5)C(=O)[C@@]3(c3ccccc3)[C@H]4c3ccc(O)c(F)c3)C2=O)cc1. The van der Waals surface area contributed by atoms with E-state index >= 15 is 9.18 Å². The molecule has 3 fully saturated rings. The second-order valence-corrected chi connectivity index (χ2v) is 13.6. The molecule has 50 heavy (non-hydrogen) atoms. The van der Waals surface area contributed by atoms with Gasteiger partial charge in [-0.3, -0.25) is 29.5 Å². The number of phenolic OH excluding ortho intramolecular Hbond substituents is 1. The van der Waals surface area contributed by atoms with Crippen molar-refractivity contribution < 1.29 is 28.7 Å². The van der Waals surface area contributed by atoms with Crippen LogP contribution in [0, 0.1) is 36.4 Å². The molecule has 4 aromatic rings. The zero-order chi connectivity index (χ0) is 34.9. The van der Waals surface area contributed by atoms with Crippen LogP contribution in [0.5, 0.6) is 5.75 Å². The Labute approximate surface area is 288 Å². The van der Waals surface area contributed by atoms with Gasteiger partial charge in [-0.2, -0.15) is 5.01 Å². The number of nitrogens with zero attached hydrogens (tertiary/aromatic N) is 2. The molecule has 4 aromatic carbocycles. The monoisotopic (exact) mass is 667 g/mol. The van der Waals surface area contributed by atoms with E-state index in [-0.39, 0.29) is 24.7 Å². The average molecular weight is 668 g/mol. The van der Waals surface area contributed by atoms with Gasteiger partial charge >= 0.3 is 0 Å². The molecule has 0 spiro atoms. The number of carbonyl (C=O) groups excluding carboxylic acids is 4. The fourth-order valence-corrected chi connectivity index (χ4v) is 8.84. The molecule has 0 bridgehead atoms. The highest BCUT2D eigenvalue weighted by Crippen LogP contribution is 2.64. The van der Waals surface area contributed by atoms with Crippen molar-refractivity contribution in [1.29, 1.82) is 0 Å². The van der Waals surface area contributed by atoms with Crippen LogP contribution in [0.1, 0.15) is 41.0 Å². The van der Waals surface area contributed by atoms with Gasteiger partial charge < -0.3 is 5.11 Å². The predicted octanol–water partition coefficient (Wildman–Crippen LogP) is 6.67. The predicted molar refractivity (Wildman–Crippen MR) is 186 cm³/mol. The minimum absolute atomic E-state index is 0.123. The van der Waals surface area contributed by atoms with Crippen molar-refractivity contribution in [2.24, 2.45) is 23.7 Å². The number of aryl methyl sites for hydroxylation is 1. The molecule has 6 atom stereocenters. The van der Waals surface area contributed by atoms with Crippen LogP contribution < -0.4 is 10.3 Å². The molecule has 4 aliphatic rings. The number of nitrogens with one attached hydrogen (secondary N) is 1. The number of fused-ring (bicyclic) bond motifs is 4. The van der Waals surface area contributed by atoms with Crippen molar-refractivity contribution in [2.75, 3.05) is 10.3 Å². The van der Waals surface area contributed by atoms with Crippen LogP contribution in [-0.4, -0.2) is 33.7 Å². The lowest BCUT2D eigenvalue weighted by Gasteiger charge is -2.50. The first-order valence-electron chi connectivity index (χ1n) is 16.7. The Hall–Kier alpha value is -5.83. The Morgan fingerprint density at radius 3 is 2.28 bits per heavy atom. The molecule has 0 aromatic heterocycles. The largest absolute Gasteiger partial charge is 0.505 e. The number of imide groups is 2. The summed E-state index contributed by atoms with van der Waals surface area (Å²) in [5, 5.41) is 11.3. The molecule has 2 aliphatic carbocycles. The fourth-order valence-electron chi connectivity index (χ4n) is 8.84. The highest BCUT2D eigenvalue weighted by Gasteiger charge is 2.70. The van der Waals surface area contributed by atoms with E-state index in [4.69, 9.17) is 0 Å². The maximum Gasteiger partial charge on any atom is 0.260 e. The summed E-state index contributed by atoms with van der Waals surface area (Å²) >= 11 is 0. The van der Waals surface area contributed by atoms with Crippen molar-refractivity contribution in [3.05, 3.63) is 143 Å². The Morgan fingerprint density at radius 2 is 1.60 bits per heavy atom. The van der Waals surface area contributed by atoms with E-state index in [9.17, 15) is 19.5 Å². The number of phenols is 1. The lowest BCUT2D eigenvalue weighted by molar-refractivity contribution is -0.138. The Morgan fingerprint density at radius 1 is 0.880 bits per heavy atom. The van der Waals surface area contributed by atoms with E-state index in [1.807, 2.05) is 43.3 Å². The molecule has 4 amide bonds. The van der Waals surface area contributed by atoms with Gasteiger partial charge in [0.25, 0.3) is 11.8 Å². The van der Waals surface area contributed by atoms with Gasteiger partial charge in [0.1, 0.15) is 0 Å². The third-order valence-electron chi connectivity index (χ3n) is 11.1. The Balaban J connectivity index is 1.30. The molecule has 8 nitrogen and oxygen atoms in total. The molecule has 0 radical (unpaired) electrons. The topological polar surface area (TPSA) is 107 Å². The summed E-state index contributed by atoms with van der Waals surface area (Å²) in [4.78, 5) is 59.4. The standard InChI is InChI=1S/C41H34FN3O5/c1-3-24-11-16-28(17-12-24)44-37(47)30-19-18-29-31(35(30)39(44)49)22-32-38(48)45(43-27-14-9-23(2)10-15-27)40(50)41(32,26-7-5-4-6-8-26)36(29)25-13-20-34(46)33(42)21-25/h3-18,20-21,30-32,35-36,43,46H,1,19,22H2,2H3/t30-,31+,32-,35-,36-,41+/m0/s1. The van der Waals surface area contributed by atoms with Crippen LogP contribution >= 0.6 is 0 Å². The third-order valence-corrected chi connectivity index (χ3v) is 11.1. The number of hydrazine groups is 1. The first-order valence-corrected chi connectivity index (χ1v) is 16.7. The molecule has 1 saturated carbocycles. The molecular formula is C41H34FN3O5. The Kier molecular flexibility index (Phi) is 7.33. The second kappa shape index (κ2) is 11.7. The summed E-state index contributed by atoms with van der Waals surface area (Å²) in [6.07, 6.45) is 3.96. The maximum absolute atomic E-state index is 15.3. The van der Waals surface area contributed by atoms with Gasteiger partial charge in [-0.25, -0.2) is 4.39 Å². The van der Waals surface area contributed by atoms with E-state index < -0.39 is 58.4 Å². The van der Waals surface area contributed by atoms with Crippen LogP contribution in [0.25, 0.3) is 6.08 Å². The molecule has 0 unspecified atom stereocenters. The number of amides is 4. The maximum atomic E-state index is 15.3. The van der Waals surface area contributed by atoms with Gasteiger partial charge in [0.15, 0.2) is 11.6 Å². The van der Waals surface area contributed by atoms with Crippen molar-refractivity contribution >= 4 is 41.1 Å². The summed E-state index contributed by atoms with van der Waals surface area (Å²) in [6.45, 7) is 5.72. The molecule has 2 heterocycles. The number of carbonyl (C=O) groups is 4. The molecule has 9 heteroatoms. The van der Waals surface area contributed by atoms with E-state index in [0.717, 1.165) is 16.1 Å². The summed E-state index contributed by atoms with van der Waals surface area (Å²) < 4.78 is 15.3. The average Bonchev–Trinajstić information content (AvgIpc) is 3.51. The normalized spacial score (nSPS) is 27.1. The van der Waals surface area contributed by atoms with Crippen molar-refractivity contribution in [3.8, 4) is 5.75 Å². The van der Waals surface area contributed by atoms with Crippen molar-refractivity contribution in [1.82, 2.24) is 5.01 Å². The van der Waals surface area contributed by atoms with E-state index in [0.29, 0.717) is 28.1 Å². The number of aromatic hydroxyl groups is 1. The molecule has 2 N–H and O–H groups in total. The number of rotatable bonds is 6. The number of allylic oxidation sites excluding steroid dienone is 2. The zero-order valence-corrected chi connectivity index (χ0v) is 27.3. The van der Waals surface area contributed by atoms with Crippen LogP contribution in [0.3, 0.4) is 0 Å². The van der Waals surface area contributed by atoms with Gasteiger partial charge in [0.2, 0.25) is 11.8 Å². The smallest absolute Gasteiger partial charge is 0.260 e. The van der Waals surface area contributed by atoms with Crippen molar-refractivity contribution in [3.63, 3.8) is 0 Å². The van der Waals surface area contributed by atoms with Crippen LogP contribution in [0.2, 0.25) is 0 Å². The summed E-state index contributed by atoms with van der Waals surface area (Å²) in [5.74, 6) is -6.98. The minimum atomic E-state index is -1.53. The molecular weight excluding hydrogens is 633 g/mol. The van der Waals surface area contributed by atoms with Crippen LogP contribution in [0.15, 0.2) is 115 Å². The lowest BCUT2D eigenvalue weighted by atomic mass is 9.49. The molecule has 2 saturated heterocycles. The Bertz CT molecular complexity index is 2110. The first kappa shape index (κ1) is 31.4. The fraction of sp³-hybridized carbons (Fsp3) is 0.220. The van der Waals surface area contributed by atoms with Gasteiger partial charge in [0.05, 0.1) is 34.5 Å². The first-order chi connectivity index (χ1) is 24.1. The van der Waals surface area contributed by atoms with E-state index in [2.05, 4.69) is 12.0 Å². The number of anilines is 2. The zero-order valence-electron chi connectivity index (χ0n) is 27.3. The molecule has 2 aliphatic heterocycles. The minimum Gasteiger partial charge on any atom is -0.505 e. The summed E-state index contributed by atoms with van der Waals surface area (Å²) in [6, 6.07) is 27.4.